The zero-order chi connectivity index (χ0) is 24.4. The van der Waals surface area contributed by atoms with Gasteiger partial charge in [0.25, 0.3) is 5.89 Å². The number of nitriles is 1. The van der Waals surface area contributed by atoms with Crippen LogP contribution in [-0.4, -0.2) is 90.9 Å². The van der Waals surface area contributed by atoms with Crippen LogP contribution in [0.1, 0.15) is 31.4 Å². The first kappa shape index (κ1) is 23.4. The van der Waals surface area contributed by atoms with Crippen LogP contribution in [0.15, 0.2) is 27.2 Å². The van der Waals surface area contributed by atoms with E-state index >= 15 is 0 Å². The minimum absolute atomic E-state index is 0.0310. The number of rotatable bonds is 4. The van der Waals surface area contributed by atoms with Crippen LogP contribution >= 0.6 is 0 Å². The predicted molar refractivity (Wildman–Crippen MR) is 127 cm³/mol. The smallest absolute Gasteiger partial charge is 0.266 e. The number of hydrogen-bond acceptors (Lipinski definition) is 8. The molecule has 0 radical (unpaired) electrons. The molecule has 0 N–H and O–H groups in total. The van der Waals surface area contributed by atoms with Crippen molar-refractivity contribution >= 4 is 17.7 Å². The SMILES string of the molecule is CN1CCN(C(=O)C2CCN(C(=O)C3CCN(c4oc(-c5ccco5)nc4C#N)CC3)CC2)CC1. The van der Waals surface area contributed by atoms with Crippen molar-refractivity contribution in [3.63, 3.8) is 0 Å². The van der Waals surface area contributed by atoms with E-state index in [0.717, 1.165) is 39.0 Å². The Labute approximate surface area is 205 Å². The predicted octanol–water partition coefficient (Wildman–Crippen LogP) is 2.04. The fraction of sp³-hybridized carbons (Fsp3) is 0.600. The molecule has 186 valence electrons. The lowest BCUT2D eigenvalue weighted by atomic mass is 9.91. The summed E-state index contributed by atoms with van der Waals surface area (Å²) in [6.45, 7) is 5.99. The first-order valence-corrected chi connectivity index (χ1v) is 12.5. The molecule has 0 aliphatic carbocycles. The Hall–Kier alpha value is -3.32. The van der Waals surface area contributed by atoms with E-state index in [4.69, 9.17) is 8.83 Å². The van der Waals surface area contributed by atoms with Crippen LogP contribution in [0.5, 0.6) is 0 Å². The minimum atomic E-state index is -0.0471. The first-order valence-electron chi connectivity index (χ1n) is 12.5. The van der Waals surface area contributed by atoms with Crippen molar-refractivity contribution in [2.75, 3.05) is 64.3 Å². The zero-order valence-corrected chi connectivity index (χ0v) is 20.2. The lowest BCUT2D eigenvalue weighted by molar-refractivity contribution is -0.143. The van der Waals surface area contributed by atoms with Gasteiger partial charge < -0.3 is 28.4 Å². The summed E-state index contributed by atoms with van der Waals surface area (Å²) in [6, 6.07) is 5.59. The average molecular weight is 481 g/mol. The second kappa shape index (κ2) is 10.1. The highest BCUT2D eigenvalue weighted by molar-refractivity contribution is 5.81. The molecular weight excluding hydrogens is 448 g/mol. The summed E-state index contributed by atoms with van der Waals surface area (Å²) in [5.74, 6) is 1.63. The van der Waals surface area contributed by atoms with Gasteiger partial charge in [0, 0.05) is 64.2 Å². The van der Waals surface area contributed by atoms with Gasteiger partial charge in [-0.05, 0) is 44.9 Å². The third-order valence-corrected chi connectivity index (χ3v) is 7.55. The summed E-state index contributed by atoms with van der Waals surface area (Å²) in [4.78, 5) is 38.5. The standard InChI is InChI=1S/C25H32N6O4/c1-28-12-14-30(15-13-28)24(33)18-4-8-29(9-5-18)23(32)19-6-10-31(11-7-19)25-20(17-26)27-22(35-25)21-3-2-16-34-21/h2-3,16,18-19H,4-15H2,1H3. The number of carbonyl (C=O) groups is 2. The molecule has 2 amide bonds. The van der Waals surface area contributed by atoms with Gasteiger partial charge in [-0.1, -0.05) is 0 Å². The largest absolute Gasteiger partial charge is 0.459 e. The highest BCUT2D eigenvalue weighted by Crippen LogP contribution is 2.32. The van der Waals surface area contributed by atoms with E-state index < -0.39 is 0 Å². The van der Waals surface area contributed by atoms with Crippen molar-refractivity contribution in [3.8, 4) is 17.7 Å². The number of nitrogens with zero attached hydrogens (tertiary/aromatic N) is 6. The van der Waals surface area contributed by atoms with Crippen LogP contribution in [0.4, 0.5) is 5.88 Å². The molecule has 0 aromatic carbocycles. The molecule has 35 heavy (non-hydrogen) atoms. The summed E-state index contributed by atoms with van der Waals surface area (Å²) < 4.78 is 11.2. The first-order chi connectivity index (χ1) is 17.0. The van der Waals surface area contributed by atoms with E-state index in [1.807, 2.05) is 14.7 Å². The Kier molecular flexibility index (Phi) is 6.77. The van der Waals surface area contributed by atoms with Gasteiger partial charge in [-0.2, -0.15) is 10.2 Å². The van der Waals surface area contributed by atoms with Gasteiger partial charge in [0.05, 0.1) is 6.26 Å². The monoisotopic (exact) mass is 480 g/mol. The number of oxazole rings is 1. The molecule has 0 saturated carbocycles. The second-order valence-electron chi connectivity index (χ2n) is 9.75. The molecule has 2 aromatic rings. The number of likely N-dealkylation sites (tertiary alicyclic amines) is 1. The zero-order valence-electron chi connectivity index (χ0n) is 20.2. The fourth-order valence-corrected chi connectivity index (χ4v) is 5.32. The van der Waals surface area contributed by atoms with Gasteiger partial charge in [0.2, 0.25) is 23.4 Å². The Morgan fingerprint density at radius 2 is 1.54 bits per heavy atom. The van der Waals surface area contributed by atoms with Gasteiger partial charge in [0.1, 0.15) is 6.07 Å². The number of piperazine rings is 1. The number of anilines is 1. The fourth-order valence-electron chi connectivity index (χ4n) is 5.32. The van der Waals surface area contributed by atoms with Gasteiger partial charge >= 0.3 is 0 Å². The number of hydrogen-bond donors (Lipinski definition) is 0. The summed E-state index contributed by atoms with van der Waals surface area (Å²) in [7, 11) is 2.09. The third kappa shape index (κ3) is 4.91. The quantitative estimate of drug-likeness (QED) is 0.654. The third-order valence-electron chi connectivity index (χ3n) is 7.55. The topological polar surface area (TPSA) is 110 Å². The van der Waals surface area contributed by atoms with E-state index in [0.29, 0.717) is 50.7 Å². The van der Waals surface area contributed by atoms with E-state index in [9.17, 15) is 14.9 Å². The Bertz CT molecular complexity index is 1070. The molecule has 10 heteroatoms. The molecule has 2 aromatic heterocycles. The maximum absolute atomic E-state index is 13.2. The van der Waals surface area contributed by atoms with Crippen LogP contribution in [0, 0.1) is 23.2 Å². The molecule has 3 aliphatic heterocycles. The van der Waals surface area contributed by atoms with Gasteiger partial charge in [0.15, 0.2) is 5.76 Å². The second-order valence-corrected chi connectivity index (χ2v) is 9.75. The highest BCUT2D eigenvalue weighted by Gasteiger charge is 2.35. The van der Waals surface area contributed by atoms with Crippen molar-refractivity contribution in [2.45, 2.75) is 25.7 Å². The van der Waals surface area contributed by atoms with Gasteiger partial charge in [-0.3, -0.25) is 9.59 Å². The highest BCUT2D eigenvalue weighted by atomic mass is 16.4. The molecule has 5 heterocycles. The Balaban J connectivity index is 1.12. The number of likely N-dealkylation sites (N-methyl/N-ethyl adjacent to an activating group) is 1. The van der Waals surface area contributed by atoms with Crippen molar-refractivity contribution in [2.24, 2.45) is 11.8 Å². The summed E-state index contributed by atoms with van der Waals surface area (Å²) in [6.07, 6.45) is 4.42. The molecule has 3 saturated heterocycles. The summed E-state index contributed by atoms with van der Waals surface area (Å²) in [5, 5.41) is 9.51. The average Bonchev–Trinajstić information content (AvgIpc) is 3.59. The Morgan fingerprint density at radius 3 is 2.11 bits per heavy atom. The number of furan rings is 1. The summed E-state index contributed by atoms with van der Waals surface area (Å²) >= 11 is 0. The van der Waals surface area contributed by atoms with Gasteiger partial charge in [-0.15, -0.1) is 0 Å². The maximum atomic E-state index is 13.2. The lowest BCUT2D eigenvalue weighted by Gasteiger charge is -2.39. The van der Waals surface area contributed by atoms with E-state index in [1.165, 1.54) is 6.26 Å². The number of piperidine rings is 2. The number of amides is 2. The molecule has 0 spiro atoms. The molecule has 3 aliphatic rings. The molecule has 10 nitrogen and oxygen atoms in total. The lowest BCUT2D eigenvalue weighted by Crippen LogP contribution is -2.51. The molecular formula is C25H32N6O4. The van der Waals surface area contributed by atoms with Crippen LogP contribution in [0.2, 0.25) is 0 Å². The number of carbonyl (C=O) groups excluding carboxylic acids is 2. The van der Waals surface area contributed by atoms with Crippen LogP contribution in [-0.2, 0) is 9.59 Å². The number of aromatic nitrogens is 1. The molecule has 0 unspecified atom stereocenters. The van der Waals surface area contributed by atoms with E-state index in [1.54, 1.807) is 12.1 Å². The van der Waals surface area contributed by atoms with E-state index in [2.05, 4.69) is 23.0 Å². The molecule has 5 rings (SSSR count). The van der Waals surface area contributed by atoms with Gasteiger partial charge in [-0.25, -0.2) is 0 Å². The minimum Gasteiger partial charge on any atom is -0.459 e. The van der Waals surface area contributed by atoms with Crippen molar-refractivity contribution in [1.29, 1.82) is 5.26 Å². The van der Waals surface area contributed by atoms with E-state index in [-0.39, 0.29) is 35.2 Å². The normalized spacial score (nSPS) is 20.7. The van der Waals surface area contributed by atoms with Crippen LogP contribution in [0.25, 0.3) is 11.7 Å². The van der Waals surface area contributed by atoms with Crippen LogP contribution in [0.3, 0.4) is 0 Å². The molecule has 3 fully saturated rings. The van der Waals surface area contributed by atoms with Crippen molar-refractivity contribution in [3.05, 3.63) is 24.1 Å². The maximum Gasteiger partial charge on any atom is 0.266 e. The van der Waals surface area contributed by atoms with Crippen molar-refractivity contribution < 1.29 is 18.4 Å². The van der Waals surface area contributed by atoms with Crippen LogP contribution < -0.4 is 4.90 Å². The molecule has 0 bridgehead atoms. The Morgan fingerprint density at radius 1 is 0.943 bits per heavy atom. The van der Waals surface area contributed by atoms with Crippen molar-refractivity contribution in [1.82, 2.24) is 19.7 Å². The molecule has 0 atom stereocenters. The summed E-state index contributed by atoms with van der Waals surface area (Å²) in [5.41, 5.74) is 0.230.